The van der Waals surface area contributed by atoms with Crippen LogP contribution < -0.4 is 20.7 Å². The maximum absolute atomic E-state index is 12.3. The van der Waals surface area contributed by atoms with Crippen LogP contribution in [0.2, 0.25) is 5.02 Å². The van der Waals surface area contributed by atoms with Gasteiger partial charge in [-0.15, -0.1) is 0 Å². The van der Waals surface area contributed by atoms with Crippen molar-refractivity contribution in [1.29, 1.82) is 0 Å². The fourth-order valence-electron chi connectivity index (χ4n) is 2.55. The van der Waals surface area contributed by atoms with E-state index in [0.29, 0.717) is 28.7 Å². The van der Waals surface area contributed by atoms with Crippen LogP contribution in [0.3, 0.4) is 0 Å². The molecule has 0 spiro atoms. The lowest BCUT2D eigenvalue weighted by molar-refractivity contribution is 0.0734. The molecule has 0 atom stereocenters. The Morgan fingerprint density at radius 1 is 1.33 bits per heavy atom. The molecule has 1 saturated heterocycles. The summed E-state index contributed by atoms with van der Waals surface area (Å²) < 4.78 is 5.37. The van der Waals surface area contributed by atoms with E-state index in [0.717, 1.165) is 31.7 Å². The Labute approximate surface area is 145 Å². The molecule has 0 bridgehead atoms. The predicted octanol–water partition coefficient (Wildman–Crippen LogP) is 1.82. The minimum Gasteiger partial charge on any atom is -0.423 e. The van der Waals surface area contributed by atoms with Crippen LogP contribution in [0.15, 0.2) is 36.5 Å². The molecule has 0 aliphatic carbocycles. The van der Waals surface area contributed by atoms with Gasteiger partial charge in [0.25, 0.3) is 0 Å². The summed E-state index contributed by atoms with van der Waals surface area (Å²) in [5.74, 6) is 0.649. The number of halogens is 1. The number of anilines is 1. The van der Waals surface area contributed by atoms with Gasteiger partial charge < -0.3 is 20.7 Å². The van der Waals surface area contributed by atoms with E-state index >= 15 is 0 Å². The first-order valence-electron chi connectivity index (χ1n) is 7.80. The molecule has 0 amide bonds. The van der Waals surface area contributed by atoms with Crippen molar-refractivity contribution in [2.45, 2.75) is 6.54 Å². The van der Waals surface area contributed by atoms with Gasteiger partial charge in [0, 0.05) is 38.9 Å². The molecule has 2 heterocycles. The minimum absolute atomic E-state index is 0.317. The van der Waals surface area contributed by atoms with Crippen molar-refractivity contribution >= 4 is 23.4 Å². The fraction of sp³-hybridized carbons (Fsp3) is 0.294. The summed E-state index contributed by atoms with van der Waals surface area (Å²) in [6.07, 6.45) is 1.50. The summed E-state index contributed by atoms with van der Waals surface area (Å²) in [4.78, 5) is 18.7. The number of hydrogen-bond acceptors (Lipinski definition) is 6. The average molecular weight is 347 g/mol. The Hall–Kier alpha value is -2.15. The zero-order chi connectivity index (χ0) is 16.9. The van der Waals surface area contributed by atoms with Gasteiger partial charge in [0.05, 0.1) is 10.6 Å². The second kappa shape index (κ2) is 7.61. The van der Waals surface area contributed by atoms with Crippen molar-refractivity contribution in [2.75, 3.05) is 31.1 Å². The highest BCUT2D eigenvalue weighted by molar-refractivity contribution is 6.33. The quantitative estimate of drug-likeness (QED) is 0.649. The molecule has 1 aliphatic heterocycles. The number of hydrogen-bond donors (Lipinski definition) is 2. The van der Waals surface area contributed by atoms with E-state index < -0.39 is 5.97 Å². The summed E-state index contributed by atoms with van der Waals surface area (Å²) in [5.41, 5.74) is 6.80. The Kier molecular flexibility index (Phi) is 5.30. The molecule has 0 saturated carbocycles. The highest BCUT2D eigenvalue weighted by Gasteiger charge is 2.18. The third-order valence-electron chi connectivity index (χ3n) is 3.82. The van der Waals surface area contributed by atoms with Crippen molar-refractivity contribution < 1.29 is 9.53 Å². The number of nitrogens with zero attached hydrogens (tertiary/aromatic N) is 2. The lowest BCUT2D eigenvalue weighted by Gasteiger charge is -2.29. The molecule has 126 valence electrons. The number of nitrogens with one attached hydrogen (secondary N) is 1. The van der Waals surface area contributed by atoms with Gasteiger partial charge in [-0.25, -0.2) is 9.78 Å². The van der Waals surface area contributed by atoms with Crippen LogP contribution in [-0.2, 0) is 6.54 Å². The first-order valence-corrected chi connectivity index (χ1v) is 8.17. The van der Waals surface area contributed by atoms with Crippen molar-refractivity contribution in [3.63, 3.8) is 0 Å². The maximum atomic E-state index is 12.3. The number of nitrogens with two attached hydrogens (primary N) is 1. The second-order valence-electron chi connectivity index (χ2n) is 5.51. The average Bonchev–Trinajstić information content (AvgIpc) is 2.62. The molecule has 3 rings (SSSR count). The Morgan fingerprint density at radius 3 is 2.83 bits per heavy atom. The molecule has 3 N–H and O–H groups in total. The molecule has 7 heteroatoms. The first-order chi connectivity index (χ1) is 11.7. The number of carbonyl (C=O) groups excluding carboxylic acids is 1. The SMILES string of the molecule is NCc1cccc(OC(=O)c2cnc(N3CCNCC3)c(Cl)c2)c1. The highest BCUT2D eigenvalue weighted by Crippen LogP contribution is 2.25. The van der Waals surface area contributed by atoms with Crippen molar-refractivity contribution in [3.8, 4) is 5.75 Å². The van der Waals surface area contributed by atoms with Gasteiger partial charge in [0.15, 0.2) is 0 Å². The molecule has 1 aliphatic rings. The lowest BCUT2D eigenvalue weighted by Crippen LogP contribution is -2.44. The number of piperazine rings is 1. The molecule has 24 heavy (non-hydrogen) atoms. The van der Waals surface area contributed by atoms with E-state index in [2.05, 4.69) is 15.2 Å². The third kappa shape index (κ3) is 3.84. The minimum atomic E-state index is -0.495. The van der Waals surface area contributed by atoms with E-state index in [9.17, 15) is 4.79 Å². The Balaban J connectivity index is 1.74. The van der Waals surface area contributed by atoms with Gasteiger partial charge in [0.1, 0.15) is 11.6 Å². The standard InChI is InChI=1S/C17H19ClN4O2/c18-15-9-13(11-21-16(15)22-6-4-20-5-7-22)17(23)24-14-3-1-2-12(8-14)10-19/h1-3,8-9,11,20H,4-7,10,19H2. The summed E-state index contributed by atoms with van der Waals surface area (Å²) in [6, 6.07) is 8.71. The molecule has 1 aromatic carbocycles. The second-order valence-corrected chi connectivity index (χ2v) is 5.91. The summed E-state index contributed by atoms with van der Waals surface area (Å²) in [5, 5.41) is 3.72. The zero-order valence-corrected chi connectivity index (χ0v) is 13.9. The van der Waals surface area contributed by atoms with Gasteiger partial charge >= 0.3 is 5.97 Å². The van der Waals surface area contributed by atoms with Crippen molar-refractivity contribution in [3.05, 3.63) is 52.7 Å². The van der Waals surface area contributed by atoms with Crippen LogP contribution >= 0.6 is 11.6 Å². The smallest absolute Gasteiger partial charge is 0.345 e. The lowest BCUT2D eigenvalue weighted by atomic mass is 10.2. The number of esters is 1. The summed E-state index contributed by atoms with van der Waals surface area (Å²) in [6.45, 7) is 3.83. The normalized spacial score (nSPS) is 14.5. The number of pyridine rings is 1. The number of aromatic nitrogens is 1. The number of ether oxygens (including phenoxy) is 1. The van der Waals surface area contributed by atoms with Crippen LogP contribution in [0, 0.1) is 0 Å². The van der Waals surface area contributed by atoms with Crippen molar-refractivity contribution in [2.24, 2.45) is 5.73 Å². The van der Waals surface area contributed by atoms with Gasteiger partial charge in [-0.05, 0) is 23.8 Å². The zero-order valence-electron chi connectivity index (χ0n) is 13.2. The van der Waals surface area contributed by atoms with Gasteiger partial charge in [-0.3, -0.25) is 0 Å². The number of benzene rings is 1. The molecule has 0 unspecified atom stereocenters. The highest BCUT2D eigenvalue weighted by atomic mass is 35.5. The molecule has 6 nitrogen and oxygen atoms in total. The van der Waals surface area contributed by atoms with E-state index in [1.807, 2.05) is 6.07 Å². The number of rotatable bonds is 4. The van der Waals surface area contributed by atoms with Gasteiger partial charge in [-0.1, -0.05) is 23.7 Å². The molecular weight excluding hydrogens is 328 g/mol. The molecule has 1 fully saturated rings. The van der Waals surface area contributed by atoms with Crippen LogP contribution in [0.25, 0.3) is 0 Å². The largest absolute Gasteiger partial charge is 0.423 e. The van der Waals surface area contributed by atoms with E-state index in [1.165, 1.54) is 6.20 Å². The van der Waals surface area contributed by atoms with Gasteiger partial charge in [-0.2, -0.15) is 0 Å². The maximum Gasteiger partial charge on any atom is 0.345 e. The Bertz CT molecular complexity index is 732. The predicted molar refractivity (Wildman–Crippen MR) is 93.6 cm³/mol. The topological polar surface area (TPSA) is 80.5 Å². The fourth-order valence-corrected chi connectivity index (χ4v) is 2.84. The molecule has 0 radical (unpaired) electrons. The van der Waals surface area contributed by atoms with Crippen LogP contribution in [0.5, 0.6) is 5.75 Å². The number of carbonyl (C=O) groups is 1. The van der Waals surface area contributed by atoms with Crippen LogP contribution in [-0.4, -0.2) is 37.1 Å². The summed E-state index contributed by atoms with van der Waals surface area (Å²) in [7, 11) is 0. The first kappa shape index (κ1) is 16.7. The Morgan fingerprint density at radius 2 is 2.12 bits per heavy atom. The van der Waals surface area contributed by atoms with E-state index in [4.69, 9.17) is 22.1 Å². The van der Waals surface area contributed by atoms with Crippen LogP contribution in [0.1, 0.15) is 15.9 Å². The van der Waals surface area contributed by atoms with Crippen LogP contribution in [0.4, 0.5) is 5.82 Å². The van der Waals surface area contributed by atoms with E-state index in [-0.39, 0.29) is 0 Å². The third-order valence-corrected chi connectivity index (χ3v) is 4.10. The monoisotopic (exact) mass is 346 g/mol. The van der Waals surface area contributed by atoms with Crippen molar-refractivity contribution in [1.82, 2.24) is 10.3 Å². The molecule has 2 aromatic rings. The molecular formula is C17H19ClN4O2. The molecule has 1 aromatic heterocycles. The summed E-state index contributed by atoms with van der Waals surface area (Å²) >= 11 is 6.31. The van der Waals surface area contributed by atoms with Gasteiger partial charge in [0.2, 0.25) is 0 Å². The van der Waals surface area contributed by atoms with E-state index in [1.54, 1.807) is 24.3 Å².